The fraction of sp³-hybridized carbons (Fsp3) is 0.429. The number of carbonyl (C=O) groups excluding carboxylic acids is 2. The van der Waals surface area contributed by atoms with E-state index in [0.717, 1.165) is 11.8 Å². The number of carbonyl (C=O) groups is 2. The molecule has 2 aliphatic heterocycles. The van der Waals surface area contributed by atoms with Crippen LogP contribution in [0.15, 0.2) is 18.2 Å². The fourth-order valence-corrected chi connectivity index (χ4v) is 3.46. The molecule has 0 atom stereocenters. The summed E-state index contributed by atoms with van der Waals surface area (Å²) < 4.78 is 29.2. The monoisotopic (exact) mass is 339 g/mol. The van der Waals surface area contributed by atoms with Gasteiger partial charge in [0, 0.05) is 37.4 Å². The smallest absolute Gasteiger partial charge is 0.338 e. The fourth-order valence-electron chi connectivity index (χ4n) is 2.64. The van der Waals surface area contributed by atoms with Crippen LogP contribution in [0, 0.1) is 0 Å². The number of esters is 1. The van der Waals surface area contributed by atoms with Gasteiger partial charge >= 0.3 is 12.0 Å². The van der Waals surface area contributed by atoms with Gasteiger partial charge in [0.05, 0.1) is 11.8 Å². The van der Waals surface area contributed by atoms with Crippen molar-refractivity contribution in [3.63, 3.8) is 0 Å². The number of anilines is 1. The van der Waals surface area contributed by atoms with Crippen molar-refractivity contribution in [2.75, 3.05) is 37.8 Å². The van der Waals surface area contributed by atoms with E-state index in [1.807, 2.05) is 0 Å². The molecule has 0 aliphatic carbocycles. The van der Waals surface area contributed by atoms with Crippen molar-refractivity contribution in [2.45, 2.75) is 6.61 Å². The van der Waals surface area contributed by atoms with Crippen LogP contribution >= 0.6 is 0 Å². The quantitative estimate of drug-likeness (QED) is 0.790. The Morgan fingerprint density at radius 1 is 1.22 bits per heavy atom. The number of cyclic esters (lactones) is 1. The van der Waals surface area contributed by atoms with Gasteiger partial charge in [-0.3, -0.25) is 0 Å². The minimum Gasteiger partial charge on any atom is -0.457 e. The Morgan fingerprint density at radius 3 is 2.57 bits per heavy atom. The summed E-state index contributed by atoms with van der Waals surface area (Å²) in [7, 11) is -3.22. The largest absolute Gasteiger partial charge is 0.457 e. The highest BCUT2D eigenvalue weighted by atomic mass is 32.2. The average Bonchev–Trinajstić information content (AvgIpc) is 2.87. The van der Waals surface area contributed by atoms with Crippen LogP contribution in [0.5, 0.6) is 0 Å². The molecule has 124 valence electrons. The summed E-state index contributed by atoms with van der Waals surface area (Å²) in [6, 6.07) is 4.70. The SMILES string of the molecule is CS(=O)(=O)N1CCN(C(=O)Nc2ccc3c(c2)COC3=O)CC1. The average molecular weight is 339 g/mol. The number of hydrogen-bond donors (Lipinski definition) is 1. The molecule has 0 radical (unpaired) electrons. The van der Waals surface area contributed by atoms with E-state index >= 15 is 0 Å². The van der Waals surface area contributed by atoms with E-state index in [4.69, 9.17) is 4.74 Å². The number of ether oxygens (including phenoxy) is 1. The molecule has 8 nitrogen and oxygen atoms in total. The van der Waals surface area contributed by atoms with Crippen molar-refractivity contribution in [3.05, 3.63) is 29.3 Å². The van der Waals surface area contributed by atoms with Gasteiger partial charge in [0.25, 0.3) is 0 Å². The lowest BCUT2D eigenvalue weighted by molar-refractivity contribution is 0.0535. The molecule has 2 aliphatic rings. The van der Waals surface area contributed by atoms with E-state index in [0.29, 0.717) is 37.4 Å². The topological polar surface area (TPSA) is 96.0 Å². The predicted molar refractivity (Wildman–Crippen MR) is 82.6 cm³/mol. The Balaban J connectivity index is 1.61. The molecule has 23 heavy (non-hydrogen) atoms. The van der Waals surface area contributed by atoms with Crippen LogP contribution < -0.4 is 5.32 Å². The first kappa shape index (κ1) is 15.8. The highest BCUT2D eigenvalue weighted by molar-refractivity contribution is 7.88. The van der Waals surface area contributed by atoms with E-state index in [1.165, 1.54) is 4.31 Å². The standard InChI is InChI=1S/C14H17N3O5S/c1-23(20,21)17-6-4-16(5-7-17)14(19)15-11-2-3-12-10(8-11)9-22-13(12)18/h2-3,8H,4-7,9H2,1H3,(H,15,19). The third kappa shape index (κ3) is 3.30. The normalized spacial score (nSPS) is 18.5. The second kappa shape index (κ2) is 5.82. The number of amides is 2. The van der Waals surface area contributed by atoms with Crippen molar-refractivity contribution >= 4 is 27.7 Å². The Morgan fingerprint density at radius 2 is 1.91 bits per heavy atom. The van der Waals surface area contributed by atoms with Gasteiger partial charge in [-0.15, -0.1) is 0 Å². The van der Waals surface area contributed by atoms with E-state index < -0.39 is 10.0 Å². The van der Waals surface area contributed by atoms with Crippen molar-refractivity contribution in [2.24, 2.45) is 0 Å². The number of urea groups is 1. The van der Waals surface area contributed by atoms with Crippen LogP contribution in [0.2, 0.25) is 0 Å². The molecule has 9 heteroatoms. The molecule has 0 bridgehead atoms. The third-order valence-corrected chi connectivity index (χ3v) is 5.23. The number of piperazine rings is 1. The van der Waals surface area contributed by atoms with Gasteiger partial charge in [0.15, 0.2) is 0 Å². The highest BCUT2D eigenvalue weighted by Crippen LogP contribution is 2.23. The molecule has 1 aromatic carbocycles. The van der Waals surface area contributed by atoms with Crippen molar-refractivity contribution < 1.29 is 22.7 Å². The Kier molecular flexibility index (Phi) is 3.99. The second-order valence-electron chi connectivity index (χ2n) is 5.53. The molecule has 2 heterocycles. The molecule has 0 saturated carbocycles. The number of nitrogens with one attached hydrogen (secondary N) is 1. The van der Waals surface area contributed by atoms with Gasteiger partial charge in [-0.1, -0.05) is 0 Å². The molecule has 0 spiro atoms. The lowest BCUT2D eigenvalue weighted by Crippen LogP contribution is -2.51. The zero-order valence-corrected chi connectivity index (χ0v) is 13.4. The first-order chi connectivity index (χ1) is 10.8. The highest BCUT2D eigenvalue weighted by Gasteiger charge is 2.26. The molecule has 3 rings (SSSR count). The van der Waals surface area contributed by atoms with Crippen molar-refractivity contribution in [1.29, 1.82) is 0 Å². The number of nitrogens with zero attached hydrogens (tertiary/aromatic N) is 2. The van der Waals surface area contributed by atoms with Gasteiger partial charge < -0.3 is 15.0 Å². The summed E-state index contributed by atoms with van der Waals surface area (Å²) in [6.45, 7) is 1.47. The zero-order valence-electron chi connectivity index (χ0n) is 12.6. The molecule has 0 unspecified atom stereocenters. The predicted octanol–water partition coefficient (Wildman–Crippen LogP) is 0.466. The molecule has 1 fully saturated rings. The van der Waals surface area contributed by atoms with Gasteiger partial charge in [-0.05, 0) is 18.2 Å². The van der Waals surface area contributed by atoms with Crippen LogP contribution in [0.25, 0.3) is 0 Å². The van der Waals surface area contributed by atoms with Gasteiger partial charge in [0.1, 0.15) is 6.61 Å². The van der Waals surface area contributed by atoms with E-state index in [-0.39, 0.29) is 18.6 Å². The van der Waals surface area contributed by atoms with E-state index in [9.17, 15) is 18.0 Å². The molecule has 0 aromatic heterocycles. The van der Waals surface area contributed by atoms with Gasteiger partial charge in [-0.25, -0.2) is 18.0 Å². The summed E-state index contributed by atoms with van der Waals surface area (Å²) in [5, 5.41) is 2.76. The maximum atomic E-state index is 12.2. The Labute approximate surface area is 134 Å². The molecule has 1 saturated heterocycles. The Hall–Kier alpha value is -2.13. The lowest BCUT2D eigenvalue weighted by Gasteiger charge is -2.33. The maximum Gasteiger partial charge on any atom is 0.338 e. The van der Waals surface area contributed by atoms with Crippen LogP contribution in [-0.4, -0.2) is 62.1 Å². The summed E-state index contributed by atoms with van der Waals surface area (Å²) in [5.74, 6) is -0.352. The van der Waals surface area contributed by atoms with E-state index in [1.54, 1.807) is 23.1 Å². The number of benzene rings is 1. The Bertz CT molecular complexity index is 754. The number of sulfonamides is 1. The van der Waals surface area contributed by atoms with Crippen molar-refractivity contribution in [3.8, 4) is 0 Å². The molecular formula is C14H17N3O5S. The minimum atomic E-state index is -3.22. The number of hydrogen-bond acceptors (Lipinski definition) is 5. The van der Waals surface area contributed by atoms with Gasteiger partial charge in [0.2, 0.25) is 10.0 Å². The molecular weight excluding hydrogens is 322 g/mol. The lowest BCUT2D eigenvalue weighted by atomic mass is 10.1. The van der Waals surface area contributed by atoms with Crippen molar-refractivity contribution in [1.82, 2.24) is 9.21 Å². The van der Waals surface area contributed by atoms with Crippen LogP contribution in [0.1, 0.15) is 15.9 Å². The maximum absolute atomic E-state index is 12.2. The van der Waals surface area contributed by atoms with E-state index in [2.05, 4.69) is 5.32 Å². The zero-order chi connectivity index (χ0) is 16.6. The summed E-state index contributed by atoms with van der Waals surface area (Å²) >= 11 is 0. The molecule has 2 amide bonds. The van der Waals surface area contributed by atoms with Crippen LogP contribution in [0.4, 0.5) is 10.5 Å². The first-order valence-electron chi connectivity index (χ1n) is 7.16. The van der Waals surface area contributed by atoms with Crippen LogP contribution in [-0.2, 0) is 21.4 Å². The summed E-state index contributed by atoms with van der Waals surface area (Å²) in [4.78, 5) is 25.2. The number of fused-ring (bicyclic) bond motifs is 1. The third-order valence-electron chi connectivity index (χ3n) is 3.93. The minimum absolute atomic E-state index is 0.213. The molecule has 1 aromatic rings. The summed E-state index contributed by atoms with van der Waals surface area (Å²) in [5.41, 5.74) is 1.84. The van der Waals surface area contributed by atoms with Gasteiger partial charge in [-0.2, -0.15) is 4.31 Å². The molecule has 1 N–H and O–H groups in total. The summed E-state index contributed by atoms with van der Waals surface area (Å²) in [6.07, 6.45) is 1.16. The first-order valence-corrected chi connectivity index (χ1v) is 9.00. The van der Waals surface area contributed by atoms with Crippen LogP contribution in [0.3, 0.4) is 0 Å². The number of rotatable bonds is 2. The second-order valence-corrected chi connectivity index (χ2v) is 7.51.